The molecule has 2 N–H and O–H groups in total. The van der Waals surface area contributed by atoms with Gasteiger partial charge in [0, 0.05) is 17.1 Å². The van der Waals surface area contributed by atoms with E-state index in [2.05, 4.69) is 37.8 Å². The van der Waals surface area contributed by atoms with Crippen molar-refractivity contribution < 1.29 is 0 Å². The van der Waals surface area contributed by atoms with Crippen LogP contribution in [0.4, 0.5) is 0 Å². The second-order valence-corrected chi connectivity index (χ2v) is 7.16. The molecule has 1 fully saturated rings. The van der Waals surface area contributed by atoms with E-state index in [0.29, 0.717) is 12.1 Å². The number of nitrogens with zero attached hydrogens (tertiary/aromatic N) is 1. The number of benzene rings is 1. The summed E-state index contributed by atoms with van der Waals surface area (Å²) in [5.74, 6) is 0.726. The molecular weight excluding hydrogens is 280 g/mol. The van der Waals surface area contributed by atoms with E-state index in [0.717, 1.165) is 23.9 Å². The third kappa shape index (κ3) is 4.70. The molecule has 21 heavy (non-hydrogen) atoms. The lowest BCUT2D eigenvalue weighted by Crippen LogP contribution is -2.42. The summed E-state index contributed by atoms with van der Waals surface area (Å²) in [4.78, 5) is 2.64. The molecule has 0 aromatic heterocycles. The van der Waals surface area contributed by atoms with Crippen LogP contribution in [0.2, 0.25) is 5.02 Å². The van der Waals surface area contributed by atoms with Crippen LogP contribution in [0.25, 0.3) is 0 Å². The normalized spacial score (nSPS) is 18.2. The van der Waals surface area contributed by atoms with Crippen LogP contribution in [-0.4, -0.2) is 23.5 Å². The average molecular weight is 309 g/mol. The molecule has 118 valence electrons. The van der Waals surface area contributed by atoms with Crippen molar-refractivity contribution in [3.05, 3.63) is 34.9 Å². The predicted molar refractivity (Wildman–Crippen MR) is 91.6 cm³/mol. The molecule has 1 aromatic carbocycles. The zero-order valence-electron chi connectivity index (χ0n) is 13.6. The monoisotopic (exact) mass is 308 g/mol. The molecule has 0 bridgehead atoms. The molecule has 2 nitrogen and oxygen atoms in total. The molecule has 1 aliphatic carbocycles. The van der Waals surface area contributed by atoms with Crippen molar-refractivity contribution >= 4 is 11.6 Å². The Bertz CT molecular complexity index is 443. The Kier molecular flexibility index (Phi) is 6.09. The number of halogens is 1. The highest BCUT2D eigenvalue weighted by Crippen LogP contribution is 2.37. The van der Waals surface area contributed by atoms with Crippen LogP contribution in [0.5, 0.6) is 0 Å². The average Bonchev–Trinajstić information content (AvgIpc) is 3.26. The van der Waals surface area contributed by atoms with E-state index in [1.54, 1.807) is 0 Å². The molecule has 0 aliphatic heterocycles. The Labute approximate surface area is 134 Å². The first kappa shape index (κ1) is 16.8. The summed E-state index contributed by atoms with van der Waals surface area (Å²) in [6, 6.07) is 9.42. The lowest BCUT2D eigenvalue weighted by Gasteiger charge is -2.36. The zero-order valence-corrected chi connectivity index (χ0v) is 14.3. The lowest BCUT2D eigenvalue weighted by molar-refractivity contribution is 0.151. The van der Waals surface area contributed by atoms with Crippen molar-refractivity contribution in [1.82, 2.24) is 4.90 Å². The molecule has 0 heterocycles. The van der Waals surface area contributed by atoms with Gasteiger partial charge in [0.15, 0.2) is 0 Å². The van der Waals surface area contributed by atoms with Crippen molar-refractivity contribution in [2.45, 2.75) is 64.6 Å². The van der Waals surface area contributed by atoms with Crippen LogP contribution < -0.4 is 5.73 Å². The summed E-state index contributed by atoms with van der Waals surface area (Å²) in [5, 5.41) is 0.806. The molecule has 3 heteroatoms. The maximum atomic E-state index is 6.49. The molecule has 1 aromatic rings. The smallest absolute Gasteiger partial charge is 0.0502 e. The fraction of sp³-hybridized carbons (Fsp3) is 0.667. The molecule has 0 saturated heterocycles. The van der Waals surface area contributed by atoms with E-state index in [9.17, 15) is 0 Å². The summed E-state index contributed by atoms with van der Waals surface area (Å²) in [6.07, 6.45) is 4.84. The minimum Gasteiger partial charge on any atom is -0.326 e. The van der Waals surface area contributed by atoms with E-state index in [4.69, 9.17) is 17.3 Å². The van der Waals surface area contributed by atoms with Crippen LogP contribution >= 0.6 is 11.6 Å². The van der Waals surface area contributed by atoms with Crippen molar-refractivity contribution in [2.24, 2.45) is 11.7 Å². The summed E-state index contributed by atoms with van der Waals surface area (Å²) in [6.45, 7) is 7.89. The van der Waals surface area contributed by atoms with E-state index in [1.165, 1.54) is 24.8 Å². The van der Waals surface area contributed by atoms with Crippen molar-refractivity contribution in [3.8, 4) is 0 Å². The van der Waals surface area contributed by atoms with Gasteiger partial charge in [-0.2, -0.15) is 0 Å². The summed E-state index contributed by atoms with van der Waals surface area (Å²) < 4.78 is 0. The third-order valence-corrected chi connectivity index (χ3v) is 4.64. The SMILES string of the molecule is CCC(N)C(c1cccc(Cl)c1)N(CCC(C)C)C1CC1. The minimum absolute atomic E-state index is 0.163. The van der Waals surface area contributed by atoms with Gasteiger partial charge in [0.2, 0.25) is 0 Å². The Morgan fingerprint density at radius 1 is 1.33 bits per heavy atom. The van der Waals surface area contributed by atoms with E-state index < -0.39 is 0 Å². The van der Waals surface area contributed by atoms with Gasteiger partial charge < -0.3 is 5.73 Å². The van der Waals surface area contributed by atoms with Gasteiger partial charge in [-0.3, -0.25) is 4.90 Å². The van der Waals surface area contributed by atoms with Crippen LogP contribution in [0.1, 0.15) is 58.1 Å². The van der Waals surface area contributed by atoms with Crippen molar-refractivity contribution in [2.75, 3.05) is 6.54 Å². The quantitative estimate of drug-likeness (QED) is 0.758. The van der Waals surface area contributed by atoms with Crippen LogP contribution in [-0.2, 0) is 0 Å². The van der Waals surface area contributed by atoms with Crippen LogP contribution in [0.3, 0.4) is 0 Å². The van der Waals surface area contributed by atoms with Crippen LogP contribution in [0, 0.1) is 5.92 Å². The topological polar surface area (TPSA) is 29.3 Å². The number of hydrogen-bond donors (Lipinski definition) is 1. The van der Waals surface area contributed by atoms with Gasteiger partial charge in [0.1, 0.15) is 0 Å². The molecule has 0 spiro atoms. The van der Waals surface area contributed by atoms with Crippen molar-refractivity contribution in [3.63, 3.8) is 0 Å². The Morgan fingerprint density at radius 2 is 2.05 bits per heavy atom. The number of hydrogen-bond acceptors (Lipinski definition) is 2. The fourth-order valence-electron chi connectivity index (χ4n) is 2.96. The van der Waals surface area contributed by atoms with Gasteiger partial charge in [0.05, 0.1) is 6.04 Å². The van der Waals surface area contributed by atoms with Crippen LogP contribution in [0.15, 0.2) is 24.3 Å². The lowest BCUT2D eigenvalue weighted by atomic mass is 9.95. The van der Waals surface area contributed by atoms with Gasteiger partial charge in [-0.25, -0.2) is 0 Å². The zero-order chi connectivity index (χ0) is 15.4. The third-order valence-electron chi connectivity index (χ3n) is 4.40. The molecule has 0 radical (unpaired) electrons. The van der Waals surface area contributed by atoms with E-state index in [1.807, 2.05) is 12.1 Å². The first-order valence-corrected chi connectivity index (χ1v) is 8.67. The minimum atomic E-state index is 0.163. The predicted octanol–water partition coefficient (Wildman–Crippen LogP) is 4.63. The second-order valence-electron chi connectivity index (χ2n) is 6.72. The molecule has 2 atom stereocenters. The van der Waals surface area contributed by atoms with Gasteiger partial charge in [-0.15, -0.1) is 0 Å². The van der Waals surface area contributed by atoms with Gasteiger partial charge in [0.25, 0.3) is 0 Å². The summed E-state index contributed by atoms with van der Waals surface area (Å²) >= 11 is 6.20. The van der Waals surface area contributed by atoms with Gasteiger partial charge in [-0.05, 0) is 55.8 Å². The van der Waals surface area contributed by atoms with E-state index >= 15 is 0 Å². The highest BCUT2D eigenvalue weighted by molar-refractivity contribution is 6.30. The summed E-state index contributed by atoms with van der Waals surface area (Å²) in [7, 11) is 0. The Hall–Kier alpha value is -0.570. The van der Waals surface area contributed by atoms with Crippen molar-refractivity contribution in [1.29, 1.82) is 0 Å². The highest BCUT2D eigenvalue weighted by atomic mass is 35.5. The van der Waals surface area contributed by atoms with Gasteiger partial charge >= 0.3 is 0 Å². The van der Waals surface area contributed by atoms with E-state index in [-0.39, 0.29) is 6.04 Å². The maximum absolute atomic E-state index is 6.49. The highest BCUT2D eigenvalue weighted by Gasteiger charge is 2.36. The molecular formula is C18H29ClN2. The first-order valence-electron chi connectivity index (χ1n) is 8.29. The summed E-state index contributed by atoms with van der Waals surface area (Å²) in [5.41, 5.74) is 7.76. The molecule has 1 aliphatic rings. The molecule has 2 unspecified atom stereocenters. The molecule has 1 saturated carbocycles. The molecule has 0 amide bonds. The number of nitrogens with two attached hydrogens (primary N) is 1. The largest absolute Gasteiger partial charge is 0.326 e. The Balaban J connectivity index is 2.24. The fourth-order valence-corrected chi connectivity index (χ4v) is 3.16. The number of rotatable bonds is 8. The standard InChI is InChI=1S/C18H29ClN2/c1-4-17(20)18(14-6-5-7-15(19)12-14)21(16-8-9-16)11-10-13(2)3/h5-7,12-13,16-18H,4,8-11,20H2,1-3H3. The maximum Gasteiger partial charge on any atom is 0.0502 e. The second kappa shape index (κ2) is 7.62. The Morgan fingerprint density at radius 3 is 2.57 bits per heavy atom. The first-order chi connectivity index (χ1) is 10.0. The van der Waals surface area contributed by atoms with Gasteiger partial charge in [-0.1, -0.05) is 44.5 Å². The molecule has 2 rings (SSSR count).